The Balaban J connectivity index is 0. The molecule has 1 N–H and O–H groups in total. The van der Waals surface area contributed by atoms with Gasteiger partial charge in [0.2, 0.25) is 0 Å². The van der Waals surface area contributed by atoms with Crippen LogP contribution in [0.2, 0.25) is 0 Å². The van der Waals surface area contributed by atoms with Gasteiger partial charge < -0.3 is 9.84 Å². The van der Waals surface area contributed by atoms with E-state index in [0.717, 1.165) is 19.3 Å². The Labute approximate surface area is 174 Å². The third-order valence-electron chi connectivity index (χ3n) is 4.78. The van der Waals surface area contributed by atoms with Gasteiger partial charge in [-0.2, -0.15) is 0 Å². The topological polar surface area (TPSA) is 63.6 Å². The monoisotopic (exact) mass is 400 g/mol. The van der Waals surface area contributed by atoms with Gasteiger partial charge in [0.15, 0.2) is 0 Å². The molecule has 28 heavy (non-hydrogen) atoms. The zero-order valence-electron chi connectivity index (χ0n) is 19.1. The van der Waals surface area contributed by atoms with Crippen LogP contribution >= 0.6 is 0 Å². The fourth-order valence-corrected chi connectivity index (χ4v) is 3.05. The van der Waals surface area contributed by atoms with Crippen molar-refractivity contribution in [3.63, 3.8) is 0 Å². The summed E-state index contributed by atoms with van der Waals surface area (Å²) in [7, 11) is 0. The smallest absolute Gasteiger partial charge is 0.305 e. The van der Waals surface area contributed by atoms with Gasteiger partial charge in [-0.15, -0.1) is 0 Å². The number of rotatable bonds is 19. The minimum Gasteiger partial charge on any atom is -0.481 e. The zero-order valence-corrected chi connectivity index (χ0v) is 19.1. The molecule has 0 spiro atoms. The van der Waals surface area contributed by atoms with Crippen LogP contribution in [-0.2, 0) is 14.3 Å². The highest BCUT2D eigenvalue weighted by Gasteiger charge is 2.00. The maximum Gasteiger partial charge on any atom is 0.305 e. The van der Waals surface area contributed by atoms with Crippen LogP contribution in [0.15, 0.2) is 0 Å². The molecule has 0 saturated carbocycles. The quantitative estimate of drug-likeness (QED) is 0.178. The molecule has 0 aromatic heterocycles. The molecule has 0 heterocycles. The van der Waals surface area contributed by atoms with Crippen molar-refractivity contribution < 1.29 is 19.4 Å². The molecule has 0 radical (unpaired) electrons. The van der Waals surface area contributed by atoms with Gasteiger partial charge in [0.1, 0.15) is 0 Å². The van der Waals surface area contributed by atoms with Crippen molar-refractivity contribution in [2.24, 2.45) is 0 Å². The fraction of sp³-hybridized carbons (Fsp3) is 0.917. The van der Waals surface area contributed by atoms with Gasteiger partial charge in [0.25, 0.3) is 0 Å². The van der Waals surface area contributed by atoms with Crippen LogP contribution in [-0.4, -0.2) is 23.7 Å². The summed E-state index contributed by atoms with van der Waals surface area (Å²) in [5.74, 6) is -0.700. The maximum atomic E-state index is 11.0. The average molecular weight is 401 g/mol. The number of hydrogen-bond acceptors (Lipinski definition) is 3. The molecule has 168 valence electrons. The number of carbonyl (C=O) groups is 2. The Bertz CT molecular complexity index is 329. The first-order valence-electron chi connectivity index (χ1n) is 12.0. The number of unbranched alkanes of at least 4 members (excludes halogenated alkanes) is 14. The van der Waals surface area contributed by atoms with E-state index in [-0.39, 0.29) is 5.97 Å². The van der Waals surface area contributed by atoms with Crippen LogP contribution in [0.25, 0.3) is 0 Å². The highest BCUT2D eigenvalue weighted by atomic mass is 16.5. The van der Waals surface area contributed by atoms with Crippen molar-refractivity contribution in [2.75, 3.05) is 6.61 Å². The van der Waals surface area contributed by atoms with Crippen molar-refractivity contribution in [1.82, 2.24) is 0 Å². The highest BCUT2D eigenvalue weighted by molar-refractivity contribution is 5.69. The summed E-state index contributed by atoms with van der Waals surface area (Å²) < 4.78 is 4.86. The van der Waals surface area contributed by atoms with Crippen molar-refractivity contribution in [3.8, 4) is 0 Å². The van der Waals surface area contributed by atoms with E-state index in [2.05, 4.69) is 13.8 Å². The van der Waals surface area contributed by atoms with Gasteiger partial charge in [-0.25, -0.2) is 0 Å². The van der Waals surface area contributed by atoms with Gasteiger partial charge in [-0.3, -0.25) is 9.59 Å². The first kappa shape index (κ1) is 29.1. The number of carboxylic acid groups (broad SMARTS) is 1. The second-order valence-electron chi connectivity index (χ2n) is 7.65. The first-order valence-corrected chi connectivity index (χ1v) is 12.0. The third kappa shape index (κ3) is 29.7. The van der Waals surface area contributed by atoms with E-state index in [4.69, 9.17) is 9.84 Å². The van der Waals surface area contributed by atoms with Crippen LogP contribution < -0.4 is 0 Å². The molecule has 0 aliphatic carbocycles. The minimum absolute atomic E-state index is 0.0384. The Kier molecular flexibility index (Phi) is 27.0. The summed E-state index contributed by atoms with van der Waals surface area (Å²) in [6.45, 7) is 6.81. The summed E-state index contributed by atoms with van der Waals surface area (Å²) in [6.07, 6.45) is 20.8. The molecule has 0 aliphatic heterocycles. The van der Waals surface area contributed by atoms with E-state index >= 15 is 0 Å². The lowest BCUT2D eigenvalue weighted by Crippen LogP contribution is -2.03. The Morgan fingerprint density at radius 1 is 0.571 bits per heavy atom. The minimum atomic E-state index is -0.661. The van der Waals surface area contributed by atoms with Crippen molar-refractivity contribution >= 4 is 11.9 Å². The maximum absolute atomic E-state index is 11.0. The number of ether oxygens (including phenoxy) is 1. The average Bonchev–Trinajstić information content (AvgIpc) is 2.66. The van der Waals surface area contributed by atoms with Crippen molar-refractivity contribution in [2.45, 2.75) is 136 Å². The van der Waals surface area contributed by atoms with Gasteiger partial charge in [0.05, 0.1) is 6.61 Å². The van der Waals surface area contributed by atoms with E-state index in [9.17, 15) is 9.59 Å². The van der Waals surface area contributed by atoms with Crippen molar-refractivity contribution in [1.29, 1.82) is 0 Å². The molecule has 0 bridgehead atoms. The number of aliphatic carboxylic acids is 1. The number of carbonyl (C=O) groups excluding carboxylic acids is 1. The first-order chi connectivity index (χ1) is 13.6. The predicted octanol–water partition coefficient (Wildman–Crippen LogP) is 7.68. The van der Waals surface area contributed by atoms with Gasteiger partial charge >= 0.3 is 11.9 Å². The molecular weight excluding hydrogens is 352 g/mol. The summed E-state index contributed by atoms with van der Waals surface area (Å²) in [4.78, 5) is 21.2. The summed E-state index contributed by atoms with van der Waals surface area (Å²) in [6, 6.07) is 0. The summed E-state index contributed by atoms with van der Waals surface area (Å²) >= 11 is 0. The molecule has 0 aliphatic rings. The van der Waals surface area contributed by atoms with E-state index in [1.165, 1.54) is 83.5 Å². The zero-order chi connectivity index (χ0) is 21.3. The Hall–Kier alpha value is -1.06. The van der Waals surface area contributed by atoms with E-state index in [0.29, 0.717) is 19.4 Å². The Morgan fingerprint density at radius 3 is 1.29 bits per heavy atom. The lowest BCUT2D eigenvalue weighted by atomic mass is 10.1. The number of carboxylic acids is 1. The highest BCUT2D eigenvalue weighted by Crippen LogP contribution is 2.10. The standard InChI is InChI=1S/C13H26O2.C11H22O2/c1-3-5-6-7-8-9-10-11-12-13(14)15-4-2;1-2-3-4-5-6-7-8-9-10-11(12)13/h3-12H2,1-2H3;2-10H2,1H3,(H,12,13). The SMILES string of the molecule is CCCCCCCCCCC(=O)O.CCCCCCCCCCC(=O)OCC. The molecule has 0 aromatic rings. The molecule has 0 amide bonds. The fourth-order valence-electron chi connectivity index (χ4n) is 3.05. The summed E-state index contributed by atoms with van der Waals surface area (Å²) in [5, 5.41) is 8.39. The molecule has 0 atom stereocenters. The van der Waals surface area contributed by atoms with E-state index in [1.54, 1.807) is 0 Å². The van der Waals surface area contributed by atoms with Crippen LogP contribution in [0, 0.1) is 0 Å². The van der Waals surface area contributed by atoms with Crippen LogP contribution in [0.4, 0.5) is 0 Å². The molecule has 0 saturated heterocycles. The van der Waals surface area contributed by atoms with Gasteiger partial charge in [-0.05, 0) is 19.8 Å². The second kappa shape index (κ2) is 25.9. The number of esters is 1. The largest absolute Gasteiger partial charge is 0.481 e. The molecule has 4 nitrogen and oxygen atoms in total. The molecule has 0 fully saturated rings. The lowest BCUT2D eigenvalue weighted by Gasteiger charge is -2.02. The van der Waals surface area contributed by atoms with E-state index in [1.807, 2.05) is 6.92 Å². The van der Waals surface area contributed by atoms with Crippen molar-refractivity contribution in [3.05, 3.63) is 0 Å². The molecule has 0 unspecified atom stereocenters. The van der Waals surface area contributed by atoms with Crippen LogP contribution in [0.5, 0.6) is 0 Å². The lowest BCUT2D eigenvalue weighted by molar-refractivity contribution is -0.143. The van der Waals surface area contributed by atoms with Crippen LogP contribution in [0.1, 0.15) is 136 Å². The molecule has 4 heteroatoms. The molecule has 0 rings (SSSR count). The summed E-state index contributed by atoms with van der Waals surface area (Å²) in [5.41, 5.74) is 0. The van der Waals surface area contributed by atoms with Crippen LogP contribution in [0.3, 0.4) is 0 Å². The predicted molar refractivity (Wildman–Crippen MR) is 119 cm³/mol. The van der Waals surface area contributed by atoms with E-state index < -0.39 is 5.97 Å². The second-order valence-corrected chi connectivity index (χ2v) is 7.65. The molecule has 0 aromatic carbocycles. The van der Waals surface area contributed by atoms with Gasteiger partial charge in [-0.1, -0.05) is 104 Å². The Morgan fingerprint density at radius 2 is 0.929 bits per heavy atom. The normalized spacial score (nSPS) is 10.2. The third-order valence-corrected chi connectivity index (χ3v) is 4.78. The van der Waals surface area contributed by atoms with Gasteiger partial charge in [0, 0.05) is 12.8 Å². The number of hydrogen-bond donors (Lipinski definition) is 1. The molecular formula is C24H48O4.